The van der Waals surface area contributed by atoms with E-state index >= 15 is 0 Å². The summed E-state index contributed by atoms with van der Waals surface area (Å²) in [6.45, 7) is 8.67. The maximum Gasteiger partial charge on any atom is 0.780 e. The van der Waals surface area contributed by atoms with E-state index in [0.717, 1.165) is 44.8 Å². The largest absolute Gasteiger partial charge is 0.780 e. The number of hydrogen-bond acceptors (Lipinski definition) is 2. The topological polar surface area (TPSA) is 26.4 Å². The second kappa shape index (κ2) is 7.54. The van der Waals surface area contributed by atoms with Gasteiger partial charge in [-0.25, -0.2) is 0 Å². The van der Waals surface area contributed by atoms with E-state index in [9.17, 15) is 0 Å². The lowest BCUT2D eigenvalue weighted by Gasteiger charge is -2.42. The minimum Gasteiger partial charge on any atom is -0.601 e. The second-order valence-corrected chi connectivity index (χ2v) is 11.2. The van der Waals surface area contributed by atoms with Crippen LogP contribution in [0, 0.1) is 13.8 Å². The van der Waals surface area contributed by atoms with Crippen LogP contribution in [-0.2, 0) is 0 Å². The van der Waals surface area contributed by atoms with Gasteiger partial charge >= 0.3 is 6.82 Å². The highest BCUT2D eigenvalue weighted by atomic mass is 16.6. The Morgan fingerprint density at radius 3 is 1.85 bits per heavy atom. The number of allylic oxidation sites excluding steroid dienone is 3. The van der Waals surface area contributed by atoms with E-state index < -0.39 is 6.82 Å². The van der Waals surface area contributed by atoms with Crippen LogP contribution in [-0.4, -0.2) is 21.5 Å². The molecule has 39 heavy (non-hydrogen) atoms. The first-order chi connectivity index (χ1) is 18.9. The zero-order valence-electron chi connectivity index (χ0n) is 22.9. The highest BCUT2D eigenvalue weighted by molar-refractivity contribution is 6.62. The van der Waals surface area contributed by atoms with Crippen LogP contribution in [0.1, 0.15) is 37.7 Å². The molecule has 5 heteroatoms. The quantitative estimate of drug-likeness (QED) is 0.198. The molecular weight excluding hydrogens is 479 g/mol. The van der Waals surface area contributed by atoms with Crippen molar-refractivity contribution in [2.24, 2.45) is 0 Å². The molecule has 1 spiro atoms. The van der Waals surface area contributed by atoms with Crippen LogP contribution < -0.4 is 9.31 Å². The Morgan fingerprint density at radius 1 is 0.692 bits per heavy atom. The maximum atomic E-state index is 7.37. The molecule has 0 fully saturated rings. The Labute approximate surface area is 228 Å². The number of hydrogen-bond donors (Lipinski definition) is 0. The molecule has 4 nitrogen and oxygen atoms in total. The van der Waals surface area contributed by atoms with Crippen molar-refractivity contribution in [1.29, 1.82) is 0 Å². The maximum absolute atomic E-state index is 7.37. The van der Waals surface area contributed by atoms with E-state index in [1.807, 2.05) is 0 Å². The van der Waals surface area contributed by atoms with Crippen molar-refractivity contribution in [3.63, 3.8) is 0 Å². The SMILES string of the molecule is CC1=CC(C)=[N+]2C1=C(C)c1c(C)cc(C)n1[B-]21Oc2ccc3ccccc3c2-c2c(ccc3ccccc23)O1. The van der Waals surface area contributed by atoms with Crippen LogP contribution in [0.3, 0.4) is 0 Å². The first-order valence-corrected chi connectivity index (χ1v) is 13.7. The summed E-state index contributed by atoms with van der Waals surface area (Å²) >= 11 is 0. The van der Waals surface area contributed by atoms with E-state index in [-0.39, 0.29) is 0 Å². The van der Waals surface area contributed by atoms with Gasteiger partial charge in [0.25, 0.3) is 0 Å². The molecule has 3 aliphatic rings. The molecule has 190 valence electrons. The molecule has 0 N–H and O–H groups in total. The van der Waals surface area contributed by atoms with Crippen LogP contribution in [0.15, 0.2) is 96.2 Å². The minimum absolute atomic E-state index is 0.830. The summed E-state index contributed by atoms with van der Waals surface area (Å²) in [7, 11) is 0. The molecular formula is C34H29BN2O2. The zero-order chi connectivity index (χ0) is 26.6. The second-order valence-electron chi connectivity index (χ2n) is 11.2. The van der Waals surface area contributed by atoms with Crippen LogP contribution in [0.5, 0.6) is 11.5 Å². The number of aromatic nitrogens is 1. The summed E-state index contributed by atoms with van der Waals surface area (Å²) in [5.41, 5.74) is 10.4. The van der Waals surface area contributed by atoms with Gasteiger partial charge in [0.05, 0.1) is 11.5 Å². The summed E-state index contributed by atoms with van der Waals surface area (Å²) in [6, 6.07) is 28.0. The molecule has 0 bridgehead atoms. The molecule has 0 amide bonds. The predicted octanol–water partition coefficient (Wildman–Crippen LogP) is 8.01. The van der Waals surface area contributed by atoms with Crippen molar-refractivity contribution >= 4 is 39.7 Å². The van der Waals surface area contributed by atoms with Gasteiger partial charge in [0.15, 0.2) is 5.70 Å². The van der Waals surface area contributed by atoms with Crippen LogP contribution in [0.2, 0.25) is 0 Å². The van der Waals surface area contributed by atoms with Crippen molar-refractivity contribution in [1.82, 2.24) is 4.48 Å². The Balaban J connectivity index is 1.56. The molecule has 0 radical (unpaired) electrons. The van der Waals surface area contributed by atoms with Crippen LogP contribution in [0.4, 0.5) is 0 Å². The first-order valence-electron chi connectivity index (χ1n) is 13.7. The van der Waals surface area contributed by atoms with E-state index in [1.54, 1.807) is 0 Å². The lowest BCUT2D eigenvalue weighted by Crippen LogP contribution is -2.67. The number of aryl methyl sites for hydroxylation is 2. The van der Waals surface area contributed by atoms with Gasteiger partial charge in [-0.15, -0.1) is 0 Å². The van der Waals surface area contributed by atoms with Gasteiger partial charge in [0, 0.05) is 41.0 Å². The fraction of sp³-hybridized carbons (Fsp3) is 0.147. The van der Waals surface area contributed by atoms with Crippen molar-refractivity contribution < 1.29 is 13.8 Å². The third kappa shape index (κ3) is 2.77. The smallest absolute Gasteiger partial charge is 0.601 e. The molecule has 5 aromatic rings. The Kier molecular flexibility index (Phi) is 4.34. The van der Waals surface area contributed by atoms with Gasteiger partial charge in [0.1, 0.15) is 5.71 Å². The van der Waals surface area contributed by atoms with Gasteiger partial charge in [-0.3, -0.25) is 0 Å². The molecule has 8 rings (SSSR count). The number of nitrogens with zero attached hydrogens (tertiary/aromatic N) is 2. The van der Waals surface area contributed by atoms with Crippen molar-refractivity contribution in [3.05, 3.63) is 113 Å². The summed E-state index contributed by atoms with van der Waals surface area (Å²) in [6.07, 6.45) is 2.25. The minimum atomic E-state index is -2.24. The standard InChI is InChI=1S/C34H29BN2O2/c1-20-18-22(3)36-33(20)24(5)34-21(2)19-23(4)37(34)35(36)38-29-16-14-25-10-6-8-12-27(25)31(29)32-28-13-9-7-11-26(28)15-17-30(32)39-35/h6-19H,1-5H3. The molecule has 0 saturated heterocycles. The lowest BCUT2D eigenvalue weighted by molar-refractivity contribution is -0.372. The van der Waals surface area contributed by atoms with Gasteiger partial charge < -0.3 is 18.3 Å². The molecule has 4 aromatic carbocycles. The molecule has 0 saturated carbocycles. The molecule has 1 aromatic heterocycles. The summed E-state index contributed by atoms with van der Waals surface area (Å²) in [4.78, 5) is 0. The van der Waals surface area contributed by atoms with Gasteiger partial charge in [-0.1, -0.05) is 60.7 Å². The fourth-order valence-electron chi connectivity index (χ4n) is 7.44. The van der Waals surface area contributed by atoms with Crippen molar-refractivity contribution in [2.75, 3.05) is 0 Å². The van der Waals surface area contributed by atoms with Crippen LogP contribution >= 0.6 is 0 Å². The fourth-order valence-corrected chi connectivity index (χ4v) is 7.44. The third-order valence-corrected chi connectivity index (χ3v) is 8.80. The van der Waals surface area contributed by atoms with Crippen molar-refractivity contribution in [3.8, 4) is 22.6 Å². The molecule has 0 unspecified atom stereocenters. The lowest BCUT2D eigenvalue weighted by atomic mass is 9.79. The molecule has 0 aliphatic carbocycles. The van der Waals surface area contributed by atoms with Gasteiger partial charge in [0.2, 0.25) is 0 Å². The summed E-state index contributed by atoms with van der Waals surface area (Å²) < 4.78 is 19.4. The van der Waals surface area contributed by atoms with Gasteiger partial charge in [-0.05, 0) is 78.7 Å². The zero-order valence-corrected chi connectivity index (χ0v) is 22.9. The Hall–Kier alpha value is -4.51. The number of fused-ring (bicyclic) bond motifs is 11. The normalized spacial score (nSPS) is 16.9. The molecule has 3 aliphatic heterocycles. The highest BCUT2D eigenvalue weighted by Crippen LogP contribution is 2.51. The third-order valence-electron chi connectivity index (χ3n) is 8.80. The first kappa shape index (κ1) is 22.5. The molecule has 0 atom stereocenters. The van der Waals surface area contributed by atoms with E-state index in [4.69, 9.17) is 9.31 Å². The average Bonchev–Trinajstić information content (AvgIpc) is 3.35. The monoisotopic (exact) mass is 508 g/mol. The van der Waals surface area contributed by atoms with Gasteiger partial charge in [-0.2, -0.15) is 0 Å². The number of benzene rings is 4. The van der Waals surface area contributed by atoms with E-state index in [2.05, 4.69) is 129 Å². The Bertz CT molecular complexity index is 1940. The highest BCUT2D eigenvalue weighted by Gasteiger charge is 2.60. The average molecular weight is 508 g/mol. The predicted molar refractivity (Wildman–Crippen MR) is 160 cm³/mol. The van der Waals surface area contributed by atoms with E-state index in [0.29, 0.717) is 0 Å². The number of rotatable bonds is 0. The molecule has 4 heterocycles. The van der Waals surface area contributed by atoms with Crippen LogP contribution in [0.25, 0.3) is 38.2 Å². The summed E-state index contributed by atoms with van der Waals surface area (Å²) in [5.74, 6) is 1.66. The van der Waals surface area contributed by atoms with E-state index in [1.165, 1.54) is 38.9 Å². The van der Waals surface area contributed by atoms with Crippen molar-refractivity contribution in [2.45, 2.75) is 34.6 Å². The summed E-state index contributed by atoms with van der Waals surface area (Å²) in [5, 5.41) is 4.67. The Morgan fingerprint density at radius 2 is 1.26 bits per heavy atom.